The van der Waals surface area contributed by atoms with Gasteiger partial charge in [-0.05, 0) is 44.1 Å². The zero-order chi connectivity index (χ0) is 14.5. The number of carbonyl (C=O) groups excluding carboxylic acids is 1. The van der Waals surface area contributed by atoms with E-state index >= 15 is 0 Å². The molecule has 0 fully saturated rings. The molecular formula is C18H34O. The Balaban J connectivity index is 4.90. The number of rotatable bonds is 12. The molecule has 0 aromatic heterocycles. The molecule has 0 aromatic rings. The van der Waals surface area contributed by atoms with Gasteiger partial charge in [-0.1, -0.05) is 59.0 Å². The van der Waals surface area contributed by atoms with E-state index in [0.29, 0.717) is 5.78 Å². The summed E-state index contributed by atoms with van der Waals surface area (Å²) in [6.07, 6.45) is 12.2. The highest BCUT2D eigenvalue weighted by Crippen LogP contribution is 2.24. The minimum Gasteiger partial charge on any atom is -0.295 e. The third-order valence-corrected chi connectivity index (χ3v) is 3.68. The van der Waals surface area contributed by atoms with Gasteiger partial charge >= 0.3 is 0 Å². The molecule has 0 saturated heterocycles. The van der Waals surface area contributed by atoms with Crippen molar-refractivity contribution in [2.45, 2.75) is 98.3 Å². The molecule has 0 aliphatic carbocycles. The van der Waals surface area contributed by atoms with E-state index in [0.717, 1.165) is 44.9 Å². The van der Waals surface area contributed by atoms with Crippen LogP contribution in [0.25, 0.3) is 0 Å². The second kappa shape index (κ2) is 12.4. The molecule has 112 valence electrons. The van der Waals surface area contributed by atoms with Crippen LogP contribution in [0.4, 0.5) is 0 Å². The molecule has 19 heavy (non-hydrogen) atoms. The lowest BCUT2D eigenvalue weighted by Gasteiger charge is -2.14. The summed E-state index contributed by atoms with van der Waals surface area (Å²) in [5, 5.41) is 0. The zero-order valence-electron chi connectivity index (χ0n) is 13.7. The third-order valence-electron chi connectivity index (χ3n) is 3.68. The second-order valence-electron chi connectivity index (χ2n) is 5.57. The summed E-state index contributed by atoms with van der Waals surface area (Å²) in [5.41, 5.74) is 2.67. The van der Waals surface area contributed by atoms with Crippen LogP contribution in [0, 0.1) is 0 Å². The van der Waals surface area contributed by atoms with Crippen molar-refractivity contribution >= 4 is 5.78 Å². The van der Waals surface area contributed by atoms with Crippen molar-refractivity contribution in [3.63, 3.8) is 0 Å². The van der Waals surface area contributed by atoms with Crippen LogP contribution >= 0.6 is 0 Å². The molecule has 0 saturated carbocycles. The van der Waals surface area contributed by atoms with Crippen LogP contribution in [-0.4, -0.2) is 5.78 Å². The van der Waals surface area contributed by atoms with Crippen molar-refractivity contribution < 1.29 is 4.79 Å². The molecule has 1 nitrogen and oxygen atoms in total. The van der Waals surface area contributed by atoms with E-state index in [9.17, 15) is 4.79 Å². The van der Waals surface area contributed by atoms with Crippen LogP contribution in [-0.2, 0) is 4.79 Å². The van der Waals surface area contributed by atoms with Gasteiger partial charge in [-0.2, -0.15) is 0 Å². The Bertz CT molecular complexity index is 253. The maximum Gasteiger partial charge on any atom is 0.158 e. The molecule has 0 unspecified atom stereocenters. The minimum atomic E-state index is 0.436. The van der Waals surface area contributed by atoms with Gasteiger partial charge in [0.15, 0.2) is 5.78 Å². The number of ketones is 1. The fourth-order valence-electron chi connectivity index (χ4n) is 2.46. The Kier molecular flexibility index (Phi) is 12.1. The van der Waals surface area contributed by atoms with Crippen molar-refractivity contribution in [1.29, 1.82) is 0 Å². The molecule has 0 aliphatic rings. The summed E-state index contributed by atoms with van der Waals surface area (Å²) in [6, 6.07) is 0. The Morgan fingerprint density at radius 2 is 1.11 bits per heavy atom. The van der Waals surface area contributed by atoms with Gasteiger partial charge in [0.05, 0.1) is 0 Å². The highest BCUT2D eigenvalue weighted by atomic mass is 16.1. The van der Waals surface area contributed by atoms with Crippen LogP contribution < -0.4 is 0 Å². The Labute approximate surface area is 120 Å². The van der Waals surface area contributed by atoms with Crippen molar-refractivity contribution in [2.24, 2.45) is 0 Å². The van der Waals surface area contributed by atoms with Gasteiger partial charge < -0.3 is 0 Å². The van der Waals surface area contributed by atoms with Crippen LogP contribution in [0.2, 0.25) is 0 Å². The Hall–Kier alpha value is -0.590. The first kappa shape index (κ1) is 18.4. The number of Topliss-reactive ketones (excluding diaryl/α,β-unsaturated/α-hetero) is 1. The lowest BCUT2D eigenvalue weighted by Crippen LogP contribution is -2.07. The van der Waals surface area contributed by atoms with Crippen molar-refractivity contribution in [2.75, 3.05) is 0 Å². The van der Waals surface area contributed by atoms with Gasteiger partial charge in [-0.15, -0.1) is 0 Å². The predicted molar refractivity (Wildman–Crippen MR) is 85.5 cm³/mol. The molecule has 0 N–H and O–H groups in total. The summed E-state index contributed by atoms with van der Waals surface area (Å²) in [7, 11) is 0. The molecular weight excluding hydrogens is 232 g/mol. The number of hydrogen-bond acceptors (Lipinski definition) is 1. The molecule has 0 spiro atoms. The van der Waals surface area contributed by atoms with E-state index in [1.807, 2.05) is 0 Å². The first-order chi connectivity index (χ1) is 9.21. The first-order valence-electron chi connectivity index (χ1n) is 8.45. The van der Waals surface area contributed by atoms with Crippen LogP contribution in [0.1, 0.15) is 98.3 Å². The summed E-state index contributed by atoms with van der Waals surface area (Å²) < 4.78 is 0. The second-order valence-corrected chi connectivity index (χ2v) is 5.57. The SMILES string of the molecule is CCCCC(=O)C(CCC)=C(CCCC)CCCC. The largest absolute Gasteiger partial charge is 0.295 e. The lowest BCUT2D eigenvalue weighted by molar-refractivity contribution is -0.115. The Morgan fingerprint density at radius 3 is 1.53 bits per heavy atom. The van der Waals surface area contributed by atoms with E-state index in [1.54, 1.807) is 0 Å². The first-order valence-corrected chi connectivity index (χ1v) is 8.45. The van der Waals surface area contributed by atoms with Gasteiger partial charge in [0.2, 0.25) is 0 Å². The average Bonchev–Trinajstić information content (AvgIpc) is 2.43. The average molecular weight is 266 g/mol. The highest BCUT2D eigenvalue weighted by Gasteiger charge is 2.13. The molecule has 0 rings (SSSR count). The molecule has 0 aromatic carbocycles. The van der Waals surface area contributed by atoms with Gasteiger partial charge in [0.25, 0.3) is 0 Å². The lowest BCUT2D eigenvalue weighted by atomic mass is 9.90. The third kappa shape index (κ3) is 8.23. The number of unbranched alkanes of at least 4 members (excludes halogenated alkanes) is 3. The molecule has 0 radical (unpaired) electrons. The quantitative estimate of drug-likeness (QED) is 0.383. The highest BCUT2D eigenvalue weighted by molar-refractivity contribution is 5.96. The van der Waals surface area contributed by atoms with Crippen LogP contribution in [0.3, 0.4) is 0 Å². The van der Waals surface area contributed by atoms with E-state index < -0.39 is 0 Å². The molecule has 0 bridgehead atoms. The summed E-state index contributed by atoms with van der Waals surface area (Å²) in [6.45, 7) is 8.81. The maximum atomic E-state index is 12.4. The van der Waals surface area contributed by atoms with Crippen LogP contribution in [0.5, 0.6) is 0 Å². The molecule has 0 aliphatic heterocycles. The number of allylic oxidation sites excluding steroid dienone is 2. The van der Waals surface area contributed by atoms with Crippen molar-refractivity contribution in [3.8, 4) is 0 Å². The predicted octanol–water partition coefficient (Wildman–Crippen LogP) is 6.22. The minimum absolute atomic E-state index is 0.436. The van der Waals surface area contributed by atoms with Crippen molar-refractivity contribution in [3.05, 3.63) is 11.1 Å². The van der Waals surface area contributed by atoms with Gasteiger partial charge in [0, 0.05) is 6.42 Å². The topological polar surface area (TPSA) is 17.1 Å². The number of carbonyl (C=O) groups is 1. The summed E-state index contributed by atoms with van der Waals surface area (Å²) >= 11 is 0. The van der Waals surface area contributed by atoms with E-state index in [4.69, 9.17) is 0 Å². The molecule has 0 amide bonds. The zero-order valence-corrected chi connectivity index (χ0v) is 13.7. The van der Waals surface area contributed by atoms with Crippen molar-refractivity contribution in [1.82, 2.24) is 0 Å². The standard InChI is InChI=1S/C18H34O/c1-5-9-13-16(14-10-6-2)17(12-8-4)18(19)15-11-7-3/h5-15H2,1-4H3. The monoisotopic (exact) mass is 266 g/mol. The fraction of sp³-hybridized carbons (Fsp3) is 0.833. The molecule has 0 atom stereocenters. The van der Waals surface area contributed by atoms with Gasteiger partial charge in [0.1, 0.15) is 0 Å². The van der Waals surface area contributed by atoms with E-state index in [-0.39, 0.29) is 0 Å². The molecule has 0 heterocycles. The summed E-state index contributed by atoms with van der Waals surface area (Å²) in [5.74, 6) is 0.436. The van der Waals surface area contributed by atoms with Crippen LogP contribution in [0.15, 0.2) is 11.1 Å². The smallest absolute Gasteiger partial charge is 0.158 e. The fourth-order valence-corrected chi connectivity index (χ4v) is 2.46. The molecule has 1 heteroatoms. The van der Waals surface area contributed by atoms with Gasteiger partial charge in [-0.3, -0.25) is 4.79 Å². The summed E-state index contributed by atoms with van der Waals surface area (Å²) in [4.78, 5) is 12.4. The number of hydrogen-bond donors (Lipinski definition) is 0. The maximum absolute atomic E-state index is 12.4. The van der Waals surface area contributed by atoms with E-state index in [2.05, 4.69) is 27.7 Å². The van der Waals surface area contributed by atoms with E-state index in [1.165, 1.54) is 36.8 Å². The van der Waals surface area contributed by atoms with Gasteiger partial charge in [-0.25, -0.2) is 0 Å². The Morgan fingerprint density at radius 1 is 0.632 bits per heavy atom. The normalized spacial score (nSPS) is 10.5.